The van der Waals surface area contributed by atoms with Crippen molar-refractivity contribution in [2.75, 3.05) is 24.5 Å². The molecule has 5 rings (SSSR count). The Morgan fingerprint density at radius 1 is 1.29 bits per heavy atom. The average molecular weight is 417 g/mol. The minimum Gasteiger partial charge on any atom is -0.352 e. The summed E-state index contributed by atoms with van der Waals surface area (Å²) in [5, 5.41) is 8.58. The third-order valence-electron chi connectivity index (χ3n) is 6.87. The van der Waals surface area contributed by atoms with Crippen LogP contribution < -0.4 is 4.90 Å². The zero-order valence-corrected chi connectivity index (χ0v) is 18.1. The molecule has 2 atom stereocenters. The monoisotopic (exact) mass is 416 g/mol. The van der Waals surface area contributed by atoms with Gasteiger partial charge in [-0.2, -0.15) is 5.10 Å². The van der Waals surface area contributed by atoms with Gasteiger partial charge in [-0.1, -0.05) is 12.6 Å². The molecule has 3 heterocycles. The molecule has 1 aliphatic heterocycles. The molecule has 1 amide bonds. The van der Waals surface area contributed by atoms with Gasteiger partial charge in [0.1, 0.15) is 12.1 Å². The summed E-state index contributed by atoms with van der Waals surface area (Å²) in [6, 6.07) is 4.42. The van der Waals surface area contributed by atoms with E-state index in [1.54, 1.807) is 6.33 Å². The van der Waals surface area contributed by atoms with Crippen molar-refractivity contribution in [3.05, 3.63) is 59.7 Å². The van der Waals surface area contributed by atoms with Gasteiger partial charge in [-0.15, -0.1) is 0 Å². The fraction of sp³-hybridized carbons (Fsp3) is 0.417. The van der Waals surface area contributed by atoms with E-state index in [0.29, 0.717) is 12.5 Å². The molecule has 160 valence electrons. The fourth-order valence-corrected chi connectivity index (χ4v) is 5.33. The number of piperazine rings is 1. The molecule has 0 spiro atoms. The van der Waals surface area contributed by atoms with Crippen LogP contribution in [-0.2, 0) is 17.6 Å². The lowest BCUT2D eigenvalue weighted by Gasteiger charge is -2.41. The van der Waals surface area contributed by atoms with Crippen molar-refractivity contribution < 1.29 is 4.79 Å². The number of amides is 1. The third kappa shape index (κ3) is 3.38. The van der Waals surface area contributed by atoms with Crippen LogP contribution in [0.2, 0.25) is 0 Å². The summed E-state index contributed by atoms with van der Waals surface area (Å²) in [6.07, 6.45) is 8.01. The van der Waals surface area contributed by atoms with Crippen LogP contribution in [0.1, 0.15) is 41.6 Å². The summed E-state index contributed by atoms with van der Waals surface area (Å²) >= 11 is 0. The van der Waals surface area contributed by atoms with Crippen LogP contribution in [0, 0.1) is 6.92 Å². The van der Waals surface area contributed by atoms with Crippen molar-refractivity contribution in [3.63, 3.8) is 0 Å². The molecule has 1 N–H and O–H groups in total. The van der Waals surface area contributed by atoms with E-state index in [2.05, 4.69) is 57.6 Å². The predicted molar refractivity (Wildman–Crippen MR) is 121 cm³/mol. The van der Waals surface area contributed by atoms with Crippen LogP contribution in [-0.4, -0.2) is 56.6 Å². The number of aromatic amines is 1. The summed E-state index contributed by atoms with van der Waals surface area (Å²) < 4.78 is 0. The van der Waals surface area contributed by atoms with Crippen molar-refractivity contribution in [2.24, 2.45) is 0 Å². The zero-order chi connectivity index (χ0) is 21.5. The van der Waals surface area contributed by atoms with Crippen molar-refractivity contribution in [3.8, 4) is 0 Å². The van der Waals surface area contributed by atoms with Crippen LogP contribution in [0.4, 0.5) is 5.82 Å². The van der Waals surface area contributed by atoms with Crippen molar-refractivity contribution in [2.45, 2.75) is 45.1 Å². The van der Waals surface area contributed by atoms with Gasteiger partial charge >= 0.3 is 0 Å². The molecule has 2 aliphatic rings. The first-order valence-corrected chi connectivity index (χ1v) is 11.0. The van der Waals surface area contributed by atoms with E-state index in [9.17, 15) is 4.79 Å². The van der Waals surface area contributed by atoms with Gasteiger partial charge in [-0.3, -0.25) is 9.89 Å². The van der Waals surface area contributed by atoms with Gasteiger partial charge in [0.15, 0.2) is 0 Å². The number of carbonyl (C=O) groups is 1. The van der Waals surface area contributed by atoms with Gasteiger partial charge < -0.3 is 9.80 Å². The van der Waals surface area contributed by atoms with E-state index in [4.69, 9.17) is 0 Å². The first kappa shape index (κ1) is 19.7. The van der Waals surface area contributed by atoms with Crippen LogP contribution in [0.15, 0.2) is 37.3 Å². The number of aryl methyl sites for hydroxylation is 1. The molecule has 1 saturated heterocycles. The molecule has 3 aromatic rings. The maximum Gasteiger partial charge on any atom is 0.246 e. The number of nitrogens with zero attached hydrogens (tertiary/aromatic N) is 5. The van der Waals surface area contributed by atoms with Gasteiger partial charge in [0.05, 0.1) is 11.7 Å². The normalized spacial score (nSPS) is 21.2. The van der Waals surface area contributed by atoms with Gasteiger partial charge in [0, 0.05) is 42.3 Å². The highest BCUT2D eigenvalue weighted by Crippen LogP contribution is 2.39. The van der Waals surface area contributed by atoms with E-state index in [1.165, 1.54) is 28.2 Å². The topological polar surface area (TPSA) is 78.0 Å². The molecular formula is C24H28N6O. The highest BCUT2D eigenvalue weighted by molar-refractivity contribution is 5.87. The van der Waals surface area contributed by atoms with Crippen molar-refractivity contribution >= 4 is 22.6 Å². The first-order chi connectivity index (χ1) is 15.1. The molecule has 0 radical (unpaired) electrons. The molecule has 1 aliphatic carbocycles. The van der Waals surface area contributed by atoms with Crippen LogP contribution in [0.3, 0.4) is 0 Å². The summed E-state index contributed by atoms with van der Waals surface area (Å²) in [4.78, 5) is 25.7. The zero-order valence-electron chi connectivity index (χ0n) is 18.1. The Bertz CT molecular complexity index is 1150. The summed E-state index contributed by atoms with van der Waals surface area (Å²) in [7, 11) is 0. The average Bonchev–Trinajstić information content (AvgIpc) is 3.26. The lowest BCUT2D eigenvalue weighted by atomic mass is 9.79. The lowest BCUT2D eigenvalue weighted by Crippen LogP contribution is -2.54. The lowest BCUT2D eigenvalue weighted by molar-refractivity contribution is -0.128. The Balaban J connectivity index is 1.41. The minimum absolute atomic E-state index is 0.00324. The molecule has 2 unspecified atom stereocenters. The molecule has 0 saturated carbocycles. The maximum atomic E-state index is 12.1. The number of carbonyl (C=O) groups excluding carboxylic acids is 1. The largest absolute Gasteiger partial charge is 0.352 e. The first-order valence-electron chi connectivity index (χ1n) is 11.0. The number of hydrogen-bond donors (Lipinski definition) is 1. The van der Waals surface area contributed by atoms with Gasteiger partial charge in [0.25, 0.3) is 0 Å². The number of H-pyrrole nitrogens is 1. The van der Waals surface area contributed by atoms with Gasteiger partial charge in [0.2, 0.25) is 5.91 Å². The number of aromatic nitrogens is 4. The highest BCUT2D eigenvalue weighted by Gasteiger charge is 2.31. The Hall–Kier alpha value is -3.22. The summed E-state index contributed by atoms with van der Waals surface area (Å²) in [6.45, 7) is 10.2. The van der Waals surface area contributed by atoms with Crippen molar-refractivity contribution in [1.29, 1.82) is 0 Å². The Morgan fingerprint density at radius 3 is 2.97 bits per heavy atom. The number of rotatable bonds is 3. The third-order valence-corrected chi connectivity index (χ3v) is 6.87. The number of hydrogen-bond acceptors (Lipinski definition) is 5. The molecule has 2 aromatic heterocycles. The number of benzene rings is 1. The number of nitrogens with one attached hydrogen (secondary N) is 1. The van der Waals surface area contributed by atoms with E-state index < -0.39 is 0 Å². The van der Waals surface area contributed by atoms with E-state index in [1.807, 2.05) is 11.1 Å². The Kier molecular flexibility index (Phi) is 4.96. The van der Waals surface area contributed by atoms with Crippen LogP contribution >= 0.6 is 0 Å². The Labute approximate surface area is 182 Å². The van der Waals surface area contributed by atoms with E-state index >= 15 is 0 Å². The molecule has 1 aromatic carbocycles. The van der Waals surface area contributed by atoms with Gasteiger partial charge in [-0.25, -0.2) is 9.97 Å². The molecule has 7 nitrogen and oxygen atoms in total. The van der Waals surface area contributed by atoms with Crippen molar-refractivity contribution in [1.82, 2.24) is 25.1 Å². The number of anilines is 1. The van der Waals surface area contributed by atoms with E-state index in [-0.39, 0.29) is 11.9 Å². The highest BCUT2D eigenvalue weighted by atomic mass is 16.2. The summed E-state index contributed by atoms with van der Waals surface area (Å²) in [5.41, 5.74) is 6.22. The standard InChI is InChI=1S/C24H28N6O/c1-4-22(31)30-10-9-29(13-16(30)3)24-18-7-6-17(11-21(18)25-14-26-24)23-15(2)5-8-20-19(23)12-27-28-20/h4-5,8,12,14,16-17H,1,6-7,9-11,13H2,2-3H3,(H,27,28). The predicted octanol–water partition coefficient (Wildman–Crippen LogP) is 3.16. The molecule has 7 heteroatoms. The molecule has 31 heavy (non-hydrogen) atoms. The van der Waals surface area contributed by atoms with Crippen LogP contribution in [0.5, 0.6) is 0 Å². The smallest absolute Gasteiger partial charge is 0.246 e. The van der Waals surface area contributed by atoms with Crippen LogP contribution in [0.25, 0.3) is 10.9 Å². The minimum atomic E-state index is 0.00324. The second kappa shape index (κ2) is 7.80. The maximum absolute atomic E-state index is 12.1. The number of fused-ring (bicyclic) bond motifs is 2. The van der Waals surface area contributed by atoms with Gasteiger partial charge in [-0.05, 0) is 62.3 Å². The van der Waals surface area contributed by atoms with E-state index in [0.717, 1.165) is 49.4 Å². The molecular weight excluding hydrogens is 388 g/mol. The quantitative estimate of drug-likeness (QED) is 0.664. The summed E-state index contributed by atoms with van der Waals surface area (Å²) in [5.74, 6) is 1.47. The Morgan fingerprint density at radius 2 is 2.16 bits per heavy atom. The molecule has 1 fully saturated rings. The second-order valence-corrected chi connectivity index (χ2v) is 8.72. The second-order valence-electron chi connectivity index (χ2n) is 8.72. The molecule has 0 bridgehead atoms. The SMILES string of the molecule is C=CC(=O)N1CCN(c2ncnc3c2CCC(c2c(C)ccc4[nH]ncc24)C3)CC1C. The fourth-order valence-electron chi connectivity index (χ4n) is 5.33.